The van der Waals surface area contributed by atoms with E-state index in [1.54, 1.807) is 0 Å². The van der Waals surface area contributed by atoms with Gasteiger partial charge >= 0.3 is 0 Å². The molecule has 0 spiro atoms. The maximum atomic E-state index is 3.57. The van der Waals surface area contributed by atoms with Crippen molar-refractivity contribution >= 4 is 21.6 Å². The Kier molecular flexibility index (Phi) is 4.10. The Morgan fingerprint density at radius 3 is 2.71 bits per heavy atom. The molecule has 0 radical (unpaired) electrons. The van der Waals surface area contributed by atoms with Crippen molar-refractivity contribution in [2.24, 2.45) is 0 Å². The molecular formula is C14H21BrN2. The predicted octanol–water partition coefficient (Wildman–Crippen LogP) is 3.72. The van der Waals surface area contributed by atoms with Crippen LogP contribution in [0.4, 0.5) is 5.69 Å². The molecule has 1 atom stereocenters. The van der Waals surface area contributed by atoms with Gasteiger partial charge in [-0.1, -0.05) is 15.9 Å². The molecule has 1 aromatic rings. The van der Waals surface area contributed by atoms with Crippen LogP contribution in [-0.2, 0) is 0 Å². The number of hydrogen-bond donors (Lipinski definition) is 1. The molecule has 2 nitrogen and oxygen atoms in total. The molecule has 0 amide bonds. The van der Waals surface area contributed by atoms with Crippen molar-refractivity contribution in [1.29, 1.82) is 0 Å². The van der Waals surface area contributed by atoms with Gasteiger partial charge in [-0.3, -0.25) is 0 Å². The van der Waals surface area contributed by atoms with Crippen LogP contribution in [0.25, 0.3) is 0 Å². The summed E-state index contributed by atoms with van der Waals surface area (Å²) in [7, 11) is 2.02. The molecule has 2 rings (SSSR count). The summed E-state index contributed by atoms with van der Waals surface area (Å²) in [6, 6.07) is 7.78. The fraction of sp³-hybridized carbons (Fsp3) is 0.571. The van der Waals surface area contributed by atoms with Gasteiger partial charge in [0.05, 0.1) is 0 Å². The Hall–Kier alpha value is -0.540. The van der Waals surface area contributed by atoms with E-state index in [1.165, 1.54) is 24.1 Å². The summed E-state index contributed by atoms with van der Waals surface area (Å²) < 4.78 is 1.16. The lowest BCUT2D eigenvalue weighted by Crippen LogP contribution is -2.27. The van der Waals surface area contributed by atoms with Crippen LogP contribution in [0.1, 0.15) is 38.3 Å². The summed E-state index contributed by atoms with van der Waals surface area (Å²) in [4.78, 5) is 2.54. The molecule has 1 aromatic carbocycles. The fourth-order valence-electron chi connectivity index (χ4n) is 2.30. The van der Waals surface area contributed by atoms with Crippen LogP contribution in [0.15, 0.2) is 22.7 Å². The zero-order valence-electron chi connectivity index (χ0n) is 10.8. The van der Waals surface area contributed by atoms with Crippen LogP contribution in [0, 0.1) is 0 Å². The van der Waals surface area contributed by atoms with Crippen molar-refractivity contribution in [3.05, 3.63) is 28.2 Å². The van der Waals surface area contributed by atoms with Crippen molar-refractivity contribution < 1.29 is 0 Å². The molecular weight excluding hydrogens is 276 g/mol. The van der Waals surface area contributed by atoms with Crippen molar-refractivity contribution in [2.45, 2.75) is 38.8 Å². The van der Waals surface area contributed by atoms with Crippen LogP contribution in [0.2, 0.25) is 0 Å². The minimum absolute atomic E-state index is 0.385. The number of nitrogens with one attached hydrogen (secondary N) is 1. The van der Waals surface area contributed by atoms with Crippen LogP contribution in [0.5, 0.6) is 0 Å². The van der Waals surface area contributed by atoms with E-state index >= 15 is 0 Å². The van der Waals surface area contributed by atoms with Crippen LogP contribution < -0.4 is 10.2 Å². The van der Waals surface area contributed by atoms with Gasteiger partial charge in [0.2, 0.25) is 0 Å². The summed E-state index contributed by atoms with van der Waals surface area (Å²) in [5, 5.41) is 3.34. The van der Waals surface area contributed by atoms with Gasteiger partial charge in [-0.25, -0.2) is 0 Å². The van der Waals surface area contributed by atoms with Crippen molar-refractivity contribution in [1.82, 2.24) is 5.32 Å². The normalized spacial score (nSPS) is 16.9. The standard InChI is InChI=1S/C14H21BrN2/c1-4-17(12-6-7-12)14-8-5-11(15)9-13(14)10(2)16-3/h5,8-10,12,16H,4,6-7H2,1-3H3. The smallest absolute Gasteiger partial charge is 0.0417 e. The molecule has 94 valence electrons. The molecule has 17 heavy (non-hydrogen) atoms. The average Bonchev–Trinajstić information content (AvgIpc) is 3.15. The van der Waals surface area contributed by atoms with E-state index in [-0.39, 0.29) is 0 Å². The molecule has 1 N–H and O–H groups in total. The third kappa shape index (κ3) is 2.83. The van der Waals surface area contributed by atoms with Gasteiger partial charge in [0, 0.05) is 28.8 Å². The maximum Gasteiger partial charge on any atom is 0.0417 e. The lowest BCUT2D eigenvalue weighted by molar-refractivity contribution is 0.646. The van der Waals surface area contributed by atoms with E-state index in [0.29, 0.717) is 6.04 Å². The quantitative estimate of drug-likeness (QED) is 0.891. The first-order chi connectivity index (χ1) is 8.17. The van der Waals surface area contributed by atoms with Gasteiger partial charge < -0.3 is 10.2 Å². The highest BCUT2D eigenvalue weighted by Crippen LogP contribution is 2.36. The molecule has 0 bridgehead atoms. The van der Waals surface area contributed by atoms with E-state index in [0.717, 1.165) is 17.1 Å². The third-order valence-electron chi connectivity index (χ3n) is 3.53. The van der Waals surface area contributed by atoms with Crippen LogP contribution in [-0.4, -0.2) is 19.6 Å². The Balaban J connectivity index is 2.36. The molecule has 1 saturated carbocycles. The highest BCUT2D eigenvalue weighted by atomic mass is 79.9. The number of halogens is 1. The van der Waals surface area contributed by atoms with Gasteiger partial charge in [0.1, 0.15) is 0 Å². The topological polar surface area (TPSA) is 15.3 Å². The first-order valence-electron chi connectivity index (χ1n) is 6.40. The number of rotatable bonds is 5. The third-order valence-corrected chi connectivity index (χ3v) is 4.02. The lowest BCUT2D eigenvalue weighted by Gasteiger charge is -2.28. The number of anilines is 1. The van der Waals surface area contributed by atoms with E-state index in [9.17, 15) is 0 Å². The molecule has 3 heteroatoms. The van der Waals surface area contributed by atoms with Crippen molar-refractivity contribution in [2.75, 3.05) is 18.5 Å². The fourth-order valence-corrected chi connectivity index (χ4v) is 2.68. The van der Waals surface area contributed by atoms with Crippen molar-refractivity contribution in [3.63, 3.8) is 0 Å². The highest BCUT2D eigenvalue weighted by molar-refractivity contribution is 9.10. The largest absolute Gasteiger partial charge is 0.369 e. The average molecular weight is 297 g/mol. The second kappa shape index (κ2) is 5.40. The summed E-state index contributed by atoms with van der Waals surface area (Å²) in [6.07, 6.45) is 2.69. The molecule has 0 aliphatic heterocycles. The Bertz CT molecular complexity index is 388. The minimum atomic E-state index is 0.385. The number of nitrogens with zero attached hydrogens (tertiary/aromatic N) is 1. The van der Waals surface area contributed by atoms with Gasteiger partial charge in [0.15, 0.2) is 0 Å². The second-order valence-electron chi connectivity index (χ2n) is 4.73. The highest BCUT2D eigenvalue weighted by Gasteiger charge is 2.29. The Labute approximate surface area is 113 Å². The SMILES string of the molecule is CCN(c1ccc(Br)cc1C(C)NC)C1CC1. The van der Waals surface area contributed by atoms with Gasteiger partial charge in [-0.05, 0) is 57.5 Å². The maximum absolute atomic E-state index is 3.57. The number of hydrogen-bond acceptors (Lipinski definition) is 2. The summed E-state index contributed by atoms with van der Waals surface area (Å²) >= 11 is 3.57. The molecule has 0 saturated heterocycles. The zero-order chi connectivity index (χ0) is 12.4. The van der Waals surface area contributed by atoms with Gasteiger partial charge in [0.25, 0.3) is 0 Å². The molecule has 0 heterocycles. The van der Waals surface area contributed by atoms with Gasteiger partial charge in [-0.2, -0.15) is 0 Å². The Morgan fingerprint density at radius 1 is 1.47 bits per heavy atom. The van der Waals surface area contributed by atoms with Crippen LogP contribution >= 0.6 is 15.9 Å². The minimum Gasteiger partial charge on any atom is -0.369 e. The molecule has 0 aromatic heterocycles. The molecule has 1 aliphatic carbocycles. The molecule has 1 aliphatic rings. The van der Waals surface area contributed by atoms with E-state index in [1.807, 2.05) is 7.05 Å². The zero-order valence-corrected chi connectivity index (χ0v) is 12.4. The second-order valence-corrected chi connectivity index (χ2v) is 5.65. The first kappa shape index (κ1) is 12.9. The van der Waals surface area contributed by atoms with E-state index in [2.05, 4.69) is 58.2 Å². The number of benzene rings is 1. The Morgan fingerprint density at radius 2 is 2.18 bits per heavy atom. The van der Waals surface area contributed by atoms with E-state index < -0.39 is 0 Å². The van der Waals surface area contributed by atoms with Crippen LogP contribution in [0.3, 0.4) is 0 Å². The van der Waals surface area contributed by atoms with Crippen molar-refractivity contribution in [3.8, 4) is 0 Å². The summed E-state index contributed by atoms with van der Waals surface area (Å²) in [6.45, 7) is 5.55. The molecule has 1 unspecified atom stereocenters. The molecule has 1 fully saturated rings. The van der Waals surface area contributed by atoms with Gasteiger partial charge in [-0.15, -0.1) is 0 Å². The lowest BCUT2D eigenvalue weighted by atomic mass is 10.1. The summed E-state index contributed by atoms with van der Waals surface area (Å²) in [5.41, 5.74) is 2.77. The predicted molar refractivity (Wildman–Crippen MR) is 77.7 cm³/mol. The monoisotopic (exact) mass is 296 g/mol. The first-order valence-corrected chi connectivity index (χ1v) is 7.20. The summed E-state index contributed by atoms with van der Waals surface area (Å²) in [5.74, 6) is 0. The van der Waals surface area contributed by atoms with E-state index in [4.69, 9.17) is 0 Å².